The Bertz CT molecular complexity index is 948. The molecule has 0 saturated heterocycles. The number of nitrogens with two attached hydrogens (primary N) is 1. The molecule has 7 nitrogen and oxygen atoms in total. The van der Waals surface area contributed by atoms with Gasteiger partial charge >= 0.3 is 0 Å². The van der Waals surface area contributed by atoms with E-state index in [4.69, 9.17) is 32.1 Å². The standard InChI is InChI=1S/C17H12ClN5O2/c1-24-12-4-2-3-5-13(12)25-14-15(18)22-17(23-16(14)20)10-6-7-21-11(8-10)9-19/h2-8H,1H3,(H2,20,22,23). The molecule has 2 heterocycles. The third-order valence-corrected chi connectivity index (χ3v) is 3.52. The van der Waals surface area contributed by atoms with Crippen LogP contribution in [0.25, 0.3) is 11.4 Å². The highest BCUT2D eigenvalue weighted by molar-refractivity contribution is 6.31. The van der Waals surface area contributed by atoms with E-state index in [1.807, 2.05) is 12.1 Å². The summed E-state index contributed by atoms with van der Waals surface area (Å²) in [6.07, 6.45) is 1.49. The zero-order chi connectivity index (χ0) is 17.8. The molecular weight excluding hydrogens is 342 g/mol. The average molecular weight is 354 g/mol. The Balaban J connectivity index is 1.99. The van der Waals surface area contributed by atoms with Crippen LogP contribution in [0.3, 0.4) is 0 Å². The Morgan fingerprint density at radius 2 is 1.92 bits per heavy atom. The van der Waals surface area contributed by atoms with E-state index in [1.54, 1.807) is 30.3 Å². The van der Waals surface area contributed by atoms with Crippen LogP contribution in [0, 0.1) is 11.3 Å². The van der Waals surface area contributed by atoms with Crippen molar-refractivity contribution in [1.29, 1.82) is 5.26 Å². The molecule has 2 aromatic heterocycles. The Hall–Kier alpha value is -3.37. The number of ether oxygens (including phenoxy) is 2. The number of rotatable bonds is 4. The van der Waals surface area contributed by atoms with Crippen LogP contribution in [-0.4, -0.2) is 22.1 Å². The van der Waals surface area contributed by atoms with Gasteiger partial charge in [0.15, 0.2) is 28.3 Å². The van der Waals surface area contributed by atoms with Crippen LogP contribution < -0.4 is 15.2 Å². The van der Waals surface area contributed by atoms with Crippen molar-refractivity contribution in [3.05, 3.63) is 53.4 Å². The predicted octanol–water partition coefficient (Wildman–Crippen LogP) is 3.45. The number of nitrogen functional groups attached to an aromatic ring is 1. The molecule has 0 aliphatic rings. The third-order valence-electron chi connectivity index (χ3n) is 3.26. The summed E-state index contributed by atoms with van der Waals surface area (Å²) in [4.78, 5) is 12.3. The van der Waals surface area contributed by atoms with Gasteiger partial charge in [-0.25, -0.2) is 15.0 Å². The van der Waals surface area contributed by atoms with Crippen LogP contribution in [0.5, 0.6) is 17.2 Å². The van der Waals surface area contributed by atoms with E-state index in [2.05, 4.69) is 15.0 Å². The van der Waals surface area contributed by atoms with Crippen molar-refractivity contribution in [3.63, 3.8) is 0 Å². The van der Waals surface area contributed by atoms with Crippen molar-refractivity contribution in [2.45, 2.75) is 0 Å². The lowest BCUT2D eigenvalue weighted by Gasteiger charge is -2.13. The van der Waals surface area contributed by atoms with Gasteiger partial charge in [-0.2, -0.15) is 5.26 Å². The van der Waals surface area contributed by atoms with Gasteiger partial charge in [-0.15, -0.1) is 0 Å². The van der Waals surface area contributed by atoms with Crippen LogP contribution in [-0.2, 0) is 0 Å². The first-order chi connectivity index (χ1) is 12.1. The van der Waals surface area contributed by atoms with Gasteiger partial charge in [0.05, 0.1) is 7.11 Å². The van der Waals surface area contributed by atoms with Gasteiger partial charge in [0.1, 0.15) is 11.8 Å². The monoisotopic (exact) mass is 353 g/mol. The molecule has 0 fully saturated rings. The molecule has 3 rings (SSSR count). The number of halogens is 1. The summed E-state index contributed by atoms with van der Waals surface area (Å²) < 4.78 is 11.0. The largest absolute Gasteiger partial charge is 0.493 e. The molecule has 8 heteroatoms. The second kappa shape index (κ2) is 7.03. The van der Waals surface area contributed by atoms with Gasteiger partial charge in [0.2, 0.25) is 5.75 Å². The molecule has 0 bridgehead atoms. The molecule has 124 valence electrons. The highest BCUT2D eigenvalue weighted by Crippen LogP contribution is 2.37. The van der Waals surface area contributed by atoms with Crippen molar-refractivity contribution in [1.82, 2.24) is 15.0 Å². The smallest absolute Gasteiger partial charge is 0.206 e. The molecular formula is C17H12ClN5O2. The predicted molar refractivity (Wildman–Crippen MR) is 92.5 cm³/mol. The maximum absolute atomic E-state index is 8.94. The van der Waals surface area contributed by atoms with Crippen molar-refractivity contribution in [2.24, 2.45) is 0 Å². The molecule has 0 aliphatic carbocycles. The molecule has 0 unspecified atom stereocenters. The number of hydrogen-bond donors (Lipinski definition) is 1. The summed E-state index contributed by atoms with van der Waals surface area (Å²) in [5.74, 6) is 1.43. The molecule has 1 aromatic carbocycles. The summed E-state index contributed by atoms with van der Waals surface area (Å²) in [5.41, 5.74) is 6.80. The molecule has 25 heavy (non-hydrogen) atoms. The fourth-order valence-corrected chi connectivity index (χ4v) is 2.32. The zero-order valence-electron chi connectivity index (χ0n) is 13.1. The highest BCUT2D eigenvalue weighted by atomic mass is 35.5. The van der Waals surface area contributed by atoms with E-state index in [1.165, 1.54) is 13.3 Å². The van der Waals surface area contributed by atoms with Crippen molar-refractivity contribution in [3.8, 4) is 34.7 Å². The Kier molecular flexibility index (Phi) is 4.64. The molecule has 0 spiro atoms. The van der Waals surface area contributed by atoms with Gasteiger partial charge in [-0.05, 0) is 24.3 Å². The average Bonchev–Trinajstić information content (AvgIpc) is 2.64. The molecule has 0 saturated carbocycles. The van der Waals surface area contributed by atoms with Crippen LogP contribution in [0.4, 0.5) is 5.82 Å². The van der Waals surface area contributed by atoms with Gasteiger partial charge in [0, 0.05) is 11.8 Å². The van der Waals surface area contributed by atoms with Gasteiger partial charge in [0.25, 0.3) is 0 Å². The maximum Gasteiger partial charge on any atom is 0.206 e. The first kappa shape index (κ1) is 16.5. The highest BCUT2D eigenvalue weighted by Gasteiger charge is 2.16. The fourth-order valence-electron chi connectivity index (χ4n) is 2.11. The van der Waals surface area contributed by atoms with E-state index in [0.717, 1.165) is 0 Å². The summed E-state index contributed by atoms with van der Waals surface area (Å²) in [6.45, 7) is 0. The number of benzene rings is 1. The topological polar surface area (TPSA) is 107 Å². The second-order valence-corrected chi connectivity index (χ2v) is 5.20. The van der Waals surface area contributed by atoms with Crippen molar-refractivity contribution >= 4 is 17.4 Å². The number of anilines is 1. The number of nitrogens with zero attached hydrogens (tertiary/aromatic N) is 4. The van der Waals surface area contributed by atoms with E-state index in [-0.39, 0.29) is 28.2 Å². The Labute approximate surface area is 148 Å². The van der Waals surface area contributed by atoms with Crippen LogP contribution in [0.2, 0.25) is 5.15 Å². The van der Waals surface area contributed by atoms with Crippen LogP contribution in [0.1, 0.15) is 5.69 Å². The van der Waals surface area contributed by atoms with E-state index in [0.29, 0.717) is 17.1 Å². The van der Waals surface area contributed by atoms with Gasteiger partial charge < -0.3 is 15.2 Å². The Morgan fingerprint density at radius 3 is 2.60 bits per heavy atom. The molecule has 0 aliphatic heterocycles. The van der Waals surface area contributed by atoms with Crippen molar-refractivity contribution < 1.29 is 9.47 Å². The quantitative estimate of drug-likeness (QED) is 0.715. The minimum absolute atomic E-state index is 0.0451. The lowest BCUT2D eigenvalue weighted by Crippen LogP contribution is -2.02. The molecule has 2 N–H and O–H groups in total. The third kappa shape index (κ3) is 3.44. The fraction of sp³-hybridized carbons (Fsp3) is 0.0588. The number of nitriles is 1. The number of para-hydroxylation sites is 2. The molecule has 0 amide bonds. The lowest BCUT2D eigenvalue weighted by molar-refractivity contribution is 0.378. The normalized spacial score (nSPS) is 10.1. The minimum atomic E-state index is 0.0451. The summed E-state index contributed by atoms with van der Waals surface area (Å²) >= 11 is 6.23. The first-order valence-electron chi connectivity index (χ1n) is 7.12. The van der Waals surface area contributed by atoms with Crippen LogP contribution in [0.15, 0.2) is 42.6 Å². The first-order valence-corrected chi connectivity index (χ1v) is 7.50. The van der Waals surface area contributed by atoms with E-state index >= 15 is 0 Å². The molecule has 3 aromatic rings. The number of pyridine rings is 1. The van der Waals surface area contributed by atoms with Gasteiger partial charge in [-0.1, -0.05) is 23.7 Å². The molecule has 0 atom stereocenters. The van der Waals surface area contributed by atoms with E-state index in [9.17, 15) is 0 Å². The second-order valence-electron chi connectivity index (χ2n) is 4.85. The van der Waals surface area contributed by atoms with Crippen LogP contribution >= 0.6 is 11.6 Å². The Morgan fingerprint density at radius 1 is 1.16 bits per heavy atom. The zero-order valence-corrected chi connectivity index (χ0v) is 13.9. The number of methoxy groups -OCH3 is 1. The molecule has 0 radical (unpaired) electrons. The SMILES string of the molecule is COc1ccccc1Oc1c(N)nc(-c2ccnc(C#N)c2)nc1Cl. The maximum atomic E-state index is 8.94. The lowest BCUT2D eigenvalue weighted by atomic mass is 10.2. The van der Waals surface area contributed by atoms with Crippen molar-refractivity contribution in [2.75, 3.05) is 12.8 Å². The minimum Gasteiger partial charge on any atom is -0.493 e. The number of aromatic nitrogens is 3. The van der Waals surface area contributed by atoms with E-state index < -0.39 is 0 Å². The number of hydrogen-bond acceptors (Lipinski definition) is 7. The summed E-state index contributed by atoms with van der Waals surface area (Å²) in [7, 11) is 1.53. The summed E-state index contributed by atoms with van der Waals surface area (Å²) in [5, 5.41) is 8.98. The van der Waals surface area contributed by atoms with Gasteiger partial charge in [-0.3, -0.25) is 0 Å². The summed E-state index contributed by atoms with van der Waals surface area (Å²) in [6, 6.07) is 12.2.